The summed E-state index contributed by atoms with van der Waals surface area (Å²) in [5.41, 5.74) is 2.96. The van der Waals surface area contributed by atoms with Crippen LogP contribution in [0.4, 0.5) is 14.9 Å². The van der Waals surface area contributed by atoms with Crippen LogP contribution in [0.2, 0.25) is 0 Å². The number of H-pyrrole nitrogens is 1. The average molecular weight is 520 g/mol. The Hall–Kier alpha value is -4.93. The summed E-state index contributed by atoms with van der Waals surface area (Å²) in [6.45, 7) is 1.91. The molecule has 0 fully saturated rings. The fraction of sp³-hybridized carbons (Fsp3) is 0.185. The summed E-state index contributed by atoms with van der Waals surface area (Å²) in [5, 5.41) is 16.5. The van der Waals surface area contributed by atoms with E-state index in [1.165, 1.54) is 12.3 Å². The van der Waals surface area contributed by atoms with E-state index < -0.39 is 23.9 Å². The summed E-state index contributed by atoms with van der Waals surface area (Å²) < 4.78 is 19.8. The molecule has 3 amide bonds. The Morgan fingerprint density at radius 1 is 1.13 bits per heavy atom. The highest BCUT2D eigenvalue weighted by Crippen LogP contribution is 2.27. The smallest absolute Gasteiger partial charge is 0.319 e. The lowest BCUT2D eigenvalue weighted by molar-refractivity contribution is -0.136. The number of benzene rings is 1. The van der Waals surface area contributed by atoms with E-state index in [1.807, 2.05) is 6.92 Å². The van der Waals surface area contributed by atoms with Crippen molar-refractivity contribution in [3.63, 3.8) is 0 Å². The first-order valence-electron chi connectivity index (χ1n) is 11.8. The largest absolute Gasteiger partial charge is 0.481 e. The Morgan fingerprint density at radius 2 is 1.92 bits per heavy atom. The number of carboxylic acids is 1. The molecule has 1 unspecified atom stereocenters. The Kier molecular flexibility index (Phi) is 8.17. The summed E-state index contributed by atoms with van der Waals surface area (Å²) in [4.78, 5) is 42.3. The molecular formula is C27H26FN5O5. The Bertz CT molecular complexity index is 1400. The number of aromatic amines is 1. The van der Waals surface area contributed by atoms with Gasteiger partial charge in [-0.3, -0.25) is 14.6 Å². The van der Waals surface area contributed by atoms with Crippen LogP contribution >= 0.6 is 0 Å². The number of pyridine rings is 1. The van der Waals surface area contributed by atoms with Crippen molar-refractivity contribution in [3.05, 3.63) is 84.0 Å². The minimum absolute atomic E-state index is 0.0307. The Labute approximate surface area is 217 Å². The highest BCUT2D eigenvalue weighted by molar-refractivity contribution is 5.95. The van der Waals surface area contributed by atoms with Gasteiger partial charge in [-0.2, -0.15) is 0 Å². The molecule has 3 aromatic rings. The van der Waals surface area contributed by atoms with Crippen LogP contribution in [0.25, 0.3) is 11.4 Å². The van der Waals surface area contributed by atoms with Crippen LogP contribution in [0, 0.1) is 0 Å². The molecule has 38 heavy (non-hydrogen) atoms. The molecule has 1 aliphatic rings. The van der Waals surface area contributed by atoms with Gasteiger partial charge in [0, 0.05) is 30.7 Å². The van der Waals surface area contributed by atoms with Crippen LogP contribution in [0.3, 0.4) is 0 Å². The molecule has 0 saturated heterocycles. The zero-order valence-corrected chi connectivity index (χ0v) is 20.5. The van der Waals surface area contributed by atoms with Crippen LogP contribution in [0.15, 0.2) is 78.4 Å². The second kappa shape index (κ2) is 11.9. The predicted molar refractivity (Wildman–Crippen MR) is 139 cm³/mol. The minimum atomic E-state index is -0.991. The second-order valence-electron chi connectivity index (χ2n) is 8.62. The maximum absolute atomic E-state index is 13.9. The average Bonchev–Trinajstić information content (AvgIpc) is 3.38. The first-order chi connectivity index (χ1) is 18.3. The number of aliphatic carboxylic acids is 1. The number of halogens is 1. The third-order valence-corrected chi connectivity index (χ3v) is 5.62. The number of ether oxygens (including phenoxy) is 1. The highest BCUT2D eigenvalue weighted by atomic mass is 19.1. The van der Waals surface area contributed by atoms with Crippen molar-refractivity contribution < 1.29 is 28.6 Å². The van der Waals surface area contributed by atoms with Crippen molar-refractivity contribution in [1.29, 1.82) is 0 Å². The van der Waals surface area contributed by atoms with Crippen molar-refractivity contribution in [1.82, 2.24) is 20.6 Å². The van der Waals surface area contributed by atoms with Crippen LogP contribution in [-0.4, -0.2) is 45.6 Å². The number of amides is 3. The molecule has 1 aromatic carbocycles. The van der Waals surface area contributed by atoms with Gasteiger partial charge in [0.05, 0.1) is 29.4 Å². The summed E-state index contributed by atoms with van der Waals surface area (Å²) in [5.74, 6) is -0.760. The van der Waals surface area contributed by atoms with Gasteiger partial charge in [-0.25, -0.2) is 9.18 Å². The van der Waals surface area contributed by atoms with E-state index in [2.05, 4.69) is 25.9 Å². The monoisotopic (exact) mass is 519 g/mol. The quantitative estimate of drug-likeness (QED) is 0.275. The lowest BCUT2D eigenvalue weighted by atomic mass is 10.0. The minimum Gasteiger partial charge on any atom is -0.481 e. The molecule has 2 aromatic heterocycles. The fourth-order valence-corrected chi connectivity index (χ4v) is 3.69. The summed E-state index contributed by atoms with van der Waals surface area (Å²) in [7, 11) is 0. The van der Waals surface area contributed by atoms with E-state index in [9.17, 15) is 18.8 Å². The normalized spacial score (nSPS) is 14.6. The van der Waals surface area contributed by atoms with Gasteiger partial charge < -0.3 is 30.8 Å². The molecule has 10 nitrogen and oxygen atoms in total. The molecule has 4 rings (SSSR count). The van der Waals surface area contributed by atoms with Gasteiger partial charge in [-0.1, -0.05) is 11.6 Å². The summed E-state index contributed by atoms with van der Waals surface area (Å²) in [6.07, 6.45) is 6.38. The van der Waals surface area contributed by atoms with Gasteiger partial charge >= 0.3 is 12.0 Å². The number of carboxylic acid groups (broad SMARTS) is 1. The van der Waals surface area contributed by atoms with Gasteiger partial charge in [0.1, 0.15) is 17.3 Å². The van der Waals surface area contributed by atoms with E-state index in [0.29, 0.717) is 40.6 Å². The fourth-order valence-electron chi connectivity index (χ4n) is 3.69. The number of urea groups is 1. The summed E-state index contributed by atoms with van der Waals surface area (Å²) >= 11 is 0. The number of allylic oxidation sites excluding steroid dienone is 2. The zero-order chi connectivity index (χ0) is 27.1. The second-order valence-corrected chi connectivity index (χ2v) is 8.62. The first-order valence-corrected chi connectivity index (χ1v) is 11.8. The van der Waals surface area contributed by atoms with Gasteiger partial charge in [0.25, 0.3) is 5.91 Å². The van der Waals surface area contributed by atoms with Gasteiger partial charge in [-0.05, 0) is 55.8 Å². The lowest BCUT2D eigenvalue weighted by Crippen LogP contribution is -2.39. The Balaban J connectivity index is 1.33. The number of aromatic nitrogens is 2. The maximum atomic E-state index is 13.9. The number of carbonyl (C=O) groups excluding carboxylic acids is 2. The number of anilines is 1. The molecule has 11 heteroatoms. The van der Waals surface area contributed by atoms with Crippen LogP contribution in [-0.2, 0) is 4.79 Å². The maximum Gasteiger partial charge on any atom is 0.319 e. The zero-order valence-electron chi connectivity index (χ0n) is 20.5. The van der Waals surface area contributed by atoms with Crippen LogP contribution in [0.5, 0.6) is 11.5 Å². The van der Waals surface area contributed by atoms with E-state index >= 15 is 0 Å². The van der Waals surface area contributed by atoms with E-state index in [-0.39, 0.29) is 18.8 Å². The Morgan fingerprint density at radius 3 is 2.68 bits per heavy atom. The number of nitrogens with zero attached hydrogens (tertiary/aromatic N) is 1. The van der Waals surface area contributed by atoms with Gasteiger partial charge in [0.2, 0.25) is 0 Å². The predicted octanol–water partition coefficient (Wildman–Crippen LogP) is 4.77. The molecule has 1 aliphatic carbocycles. The first kappa shape index (κ1) is 26.1. The standard InChI is InChI=1S/C27H26FN5O5/c1-16-2-7-21(28)22(12-16)33-27(37)32-18-3-5-19(6-4-18)38-20-8-10-29-24(14-20)23-13-17(15-31-23)26(36)30-11-9-25(34)35/h2-8,10,13-15,22,31H,9,11-12H2,1H3,(H,30,36)(H,34,35)(H2,32,33,37). The third-order valence-electron chi connectivity index (χ3n) is 5.62. The van der Waals surface area contributed by atoms with E-state index in [4.69, 9.17) is 9.84 Å². The molecule has 0 saturated carbocycles. The van der Waals surface area contributed by atoms with Gasteiger partial charge in [-0.15, -0.1) is 0 Å². The molecular weight excluding hydrogens is 493 g/mol. The number of hydrogen-bond acceptors (Lipinski definition) is 5. The van der Waals surface area contributed by atoms with Crippen molar-refractivity contribution in [2.24, 2.45) is 0 Å². The summed E-state index contributed by atoms with van der Waals surface area (Å²) in [6, 6.07) is 10.5. The third kappa shape index (κ3) is 7.06. The van der Waals surface area contributed by atoms with Crippen molar-refractivity contribution in [2.45, 2.75) is 25.8 Å². The SMILES string of the molecule is CC1=CC=C(F)C(NC(=O)Nc2ccc(Oc3ccnc(-c4cc(C(=O)NCCC(=O)O)c[nH]4)c3)cc2)C1. The number of nitrogens with one attached hydrogen (secondary N) is 4. The van der Waals surface area contributed by atoms with Crippen molar-refractivity contribution in [3.8, 4) is 22.9 Å². The van der Waals surface area contributed by atoms with Crippen LogP contribution < -0.4 is 20.7 Å². The number of hydrogen-bond donors (Lipinski definition) is 5. The molecule has 0 aliphatic heterocycles. The number of carbonyl (C=O) groups is 3. The molecule has 0 radical (unpaired) electrons. The molecule has 0 spiro atoms. The van der Waals surface area contributed by atoms with Crippen LogP contribution in [0.1, 0.15) is 30.1 Å². The van der Waals surface area contributed by atoms with Crippen molar-refractivity contribution in [2.75, 3.05) is 11.9 Å². The molecule has 5 N–H and O–H groups in total. The van der Waals surface area contributed by atoms with E-state index in [1.54, 1.807) is 54.7 Å². The number of rotatable bonds is 9. The molecule has 2 heterocycles. The van der Waals surface area contributed by atoms with Crippen molar-refractivity contribution >= 4 is 23.6 Å². The topological polar surface area (TPSA) is 145 Å². The molecule has 1 atom stereocenters. The van der Waals surface area contributed by atoms with E-state index in [0.717, 1.165) is 5.57 Å². The molecule has 196 valence electrons. The van der Waals surface area contributed by atoms with Gasteiger partial charge in [0.15, 0.2) is 0 Å². The molecule has 0 bridgehead atoms. The lowest BCUT2D eigenvalue weighted by Gasteiger charge is -2.20. The highest BCUT2D eigenvalue weighted by Gasteiger charge is 2.20.